The standard InChI is InChI=1S/C24H25NO5/c1-15(23(26)25-20-12-7-9-16-8-3-4-10-17(16)20)29-24(27)22-19(14-28-2)18-11-5-6-13-21(18)30-22/h3-6,8,10-11,13,15,20H,7,9,12,14H2,1-2H3,(H,25,26)/t15-,20-/m1/s1. The van der Waals surface area contributed by atoms with Crippen LogP contribution in [0, 0.1) is 0 Å². The molecule has 0 bridgehead atoms. The van der Waals surface area contributed by atoms with Crippen molar-refractivity contribution in [2.75, 3.05) is 7.11 Å². The number of para-hydroxylation sites is 1. The highest BCUT2D eigenvalue weighted by Crippen LogP contribution is 2.30. The summed E-state index contributed by atoms with van der Waals surface area (Å²) in [6.45, 7) is 1.78. The first kappa shape index (κ1) is 20.2. The lowest BCUT2D eigenvalue weighted by Crippen LogP contribution is -2.39. The first-order chi connectivity index (χ1) is 14.6. The van der Waals surface area contributed by atoms with Gasteiger partial charge in [-0.15, -0.1) is 0 Å². The molecule has 1 aliphatic rings. The fraction of sp³-hybridized carbons (Fsp3) is 0.333. The van der Waals surface area contributed by atoms with E-state index < -0.39 is 12.1 Å². The van der Waals surface area contributed by atoms with Crippen LogP contribution in [0.15, 0.2) is 52.9 Å². The highest BCUT2D eigenvalue weighted by Gasteiger charge is 2.28. The van der Waals surface area contributed by atoms with E-state index in [1.54, 1.807) is 20.1 Å². The van der Waals surface area contributed by atoms with Gasteiger partial charge in [0.2, 0.25) is 5.76 Å². The lowest BCUT2D eigenvalue weighted by atomic mass is 9.87. The average Bonchev–Trinajstić information content (AvgIpc) is 3.13. The summed E-state index contributed by atoms with van der Waals surface area (Å²) in [6, 6.07) is 15.4. The van der Waals surface area contributed by atoms with E-state index in [1.807, 2.05) is 36.4 Å². The zero-order chi connectivity index (χ0) is 21.1. The number of amides is 1. The minimum Gasteiger partial charge on any atom is -0.449 e. The Labute approximate surface area is 175 Å². The van der Waals surface area contributed by atoms with Crippen LogP contribution in [0.25, 0.3) is 11.0 Å². The van der Waals surface area contributed by atoms with Crippen LogP contribution in [-0.2, 0) is 27.3 Å². The zero-order valence-corrected chi connectivity index (χ0v) is 17.1. The van der Waals surface area contributed by atoms with E-state index in [-0.39, 0.29) is 24.3 Å². The molecule has 4 rings (SSSR count). The van der Waals surface area contributed by atoms with Gasteiger partial charge in [0.1, 0.15) is 5.58 Å². The van der Waals surface area contributed by atoms with Crippen molar-refractivity contribution >= 4 is 22.8 Å². The maximum atomic E-state index is 12.8. The monoisotopic (exact) mass is 407 g/mol. The molecule has 0 saturated heterocycles. The molecule has 0 spiro atoms. The molecule has 0 saturated carbocycles. The van der Waals surface area contributed by atoms with E-state index in [1.165, 1.54) is 5.56 Å². The van der Waals surface area contributed by atoms with Gasteiger partial charge in [0.05, 0.1) is 12.6 Å². The second kappa shape index (κ2) is 8.71. The first-order valence-electron chi connectivity index (χ1n) is 10.2. The molecule has 3 aromatic rings. The molecule has 6 nitrogen and oxygen atoms in total. The topological polar surface area (TPSA) is 77.8 Å². The van der Waals surface area contributed by atoms with E-state index in [2.05, 4.69) is 11.4 Å². The summed E-state index contributed by atoms with van der Waals surface area (Å²) < 4.78 is 16.4. The van der Waals surface area contributed by atoms with E-state index in [0.29, 0.717) is 11.1 Å². The van der Waals surface area contributed by atoms with Crippen LogP contribution in [0.3, 0.4) is 0 Å². The molecule has 6 heteroatoms. The Bertz CT molecular complexity index is 1070. The number of furan rings is 1. The van der Waals surface area contributed by atoms with E-state index in [0.717, 1.165) is 30.2 Å². The number of methoxy groups -OCH3 is 1. The number of ether oxygens (including phenoxy) is 2. The highest BCUT2D eigenvalue weighted by atomic mass is 16.6. The van der Waals surface area contributed by atoms with Gasteiger partial charge in [0, 0.05) is 18.1 Å². The van der Waals surface area contributed by atoms with E-state index in [9.17, 15) is 9.59 Å². The number of hydrogen-bond donors (Lipinski definition) is 1. The summed E-state index contributed by atoms with van der Waals surface area (Å²) in [5.74, 6) is -0.930. The molecule has 156 valence electrons. The van der Waals surface area contributed by atoms with Crippen molar-refractivity contribution in [3.8, 4) is 0 Å². The quantitative estimate of drug-likeness (QED) is 0.616. The summed E-state index contributed by atoms with van der Waals surface area (Å²) in [5.41, 5.74) is 3.58. The molecule has 0 radical (unpaired) electrons. The summed E-state index contributed by atoms with van der Waals surface area (Å²) >= 11 is 0. The van der Waals surface area contributed by atoms with Crippen LogP contribution in [0.4, 0.5) is 0 Å². The Balaban J connectivity index is 1.47. The molecule has 1 aliphatic carbocycles. The predicted octanol–water partition coefficient (Wildman–Crippen LogP) is 4.32. The van der Waals surface area contributed by atoms with E-state index >= 15 is 0 Å². The summed E-state index contributed by atoms with van der Waals surface area (Å²) in [4.78, 5) is 25.5. The van der Waals surface area contributed by atoms with Crippen LogP contribution in [0.2, 0.25) is 0 Å². The number of aryl methyl sites for hydroxylation is 1. The van der Waals surface area contributed by atoms with Gasteiger partial charge >= 0.3 is 5.97 Å². The average molecular weight is 407 g/mol. The molecule has 1 amide bonds. The molecule has 0 aliphatic heterocycles. The van der Waals surface area contributed by atoms with Gasteiger partial charge in [0.15, 0.2) is 6.10 Å². The number of esters is 1. The predicted molar refractivity (Wildman–Crippen MR) is 112 cm³/mol. The molecule has 1 heterocycles. The number of carbonyl (C=O) groups is 2. The first-order valence-corrected chi connectivity index (χ1v) is 10.2. The van der Waals surface area contributed by atoms with Gasteiger partial charge in [-0.3, -0.25) is 4.79 Å². The molecule has 0 fully saturated rings. The Morgan fingerprint density at radius 3 is 2.77 bits per heavy atom. The Morgan fingerprint density at radius 2 is 1.93 bits per heavy atom. The number of rotatable bonds is 6. The lowest BCUT2D eigenvalue weighted by molar-refractivity contribution is -0.130. The second-order valence-corrected chi connectivity index (χ2v) is 7.54. The lowest BCUT2D eigenvalue weighted by Gasteiger charge is -2.27. The van der Waals surface area contributed by atoms with Crippen molar-refractivity contribution in [1.82, 2.24) is 5.32 Å². The Morgan fingerprint density at radius 1 is 1.17 bits per heavy atom. The normalized spacial score (nSPS) is 16.7. The molecule has 2 atom stereocenters. The van der Waals surface area contributed by atoms with Crippen molar-refractivity contribution in [1.29, 1.82) is 0 Å². The molecular formula is C24H25NO5. The third-order valence-electron chi connectivity index (χ3n) is 5.51. The molecule has 2 aromatic carbocycles. The Hall–Kier alpha value is -3.12. The third kappa shape index (κ3) is 3.96. The maximum absolute atomic E-state index is 12.8. The number of fused-ring (bicyclic) bond motifs is 2. The molecule has 30 heavy (non-hydrogen) atoms. The SMILES string of the molecule is COCc1c(C(=O)O[C@H](C)C(=O)N[C@@H]2CCCc3ccccc32)oc2ccccc12. The minimum absolute atomic E-state index is 0.0701. The summed E-state index contributed by atoms with van der Waals surface area (Å²) in [7, 11) is 1.55. The van der Waals surface area contributed by atoms with Gasteiger partial charge in [0.25, 0.3) is 5.91 Å². The molecular weight excluding hydrogens is 382 g/mol. The zero-order valence-electron chi connectivity index (χ0n) is 17.1. The van der Waals surface area contributed by atoms with Crippen molar-refractivity contribution < 1.29 is 23.5 Å². The van der Waals surface area contributed by atoms with Crippen molar-refractivity contribution in [3.63, 3.8) is 0 Å². The van der Waals surface area contributed by atoms with Crippen LogP contribution >= 0.6 is 0 Å². The number of benzene rings is 2. The largest absolute Gasteiger partial charge is 0.449 e. The fourth-order valence-corrected chi connectivity index (χ4v) is 4.01. The van der Waals surface area contributed by atoms with Gasteiger partial charge in [-0.1, -0.05) is 42.5 Å². The van der Waals surface area contributed by atoms with E-state index in [4.69, 9.17) is 13.9 Å². The minimum atomic E-state index is -0.949. The van der Waals surface area contributed by atoms with Gasteiger partial charge < -0.3 is 19.2 Å². The Kier molecular flexibility index (Phi) is 5.86. The van der Waals surface area contributed by atoms with Crippen LogP contribution in [-0.4, -0.2) is 25.1 Å². The number of carbonyl (C=O) groups excluding carboxylic acids is 2. The second-order valence-electron chi connectivity index (χ2n) is 7.54. The molecule has 0 unspecified atom stereocenters. The van der Waals surface area contributed by atoms with Gasteiger partial charge in [-0.25, -0.2) is 4.79 Å². The smallest absolute Gasteiger partial charge is 0.375 e. The highest BCUT2D eigenvalue weighted by molar-refractivity contribution is 5.97. The van der Waals surface area contributed by atoms with Crippen molar-refractivity contribution in [2.45, 2.75) is 44.9 Å². The number of hydrogen-bond acceptors (Lipinski definition) is 5. The summed E-state index contributed by atoms with van der Waals surface area (Å²) in [5, 5.41) is 3.82. The van der Waals surface area contributed by atoms with Crippen molar-refractivity contribution in [3.05, 3.63) is 71.0 Å². The van der Waals surface area contributed by atoms with Crippen LogP contribution in [0.5, 0.6) is 0 Å². The molecule has 1 N–H and O–H groups in total. The molecule has 1 aromatic heterocycles. The van der Waals surface area contributed by atoms with Crippen LogP contribution in [0.1, 0.15) is 53.1 Å². The van der Waals surface area contributed by atoms with Gasteiger partial charge in [-0.05, 0) is 43.4 Å². The third-order valence-corrected chi connectivity index (χ3v) is 5.51. The number of nitrogens with one attached hydrogen (secondary N) is 1. The summed E-state index contributed by atoms with van der Waals surface area (Å²) in [6.07, 6.45) is 1.94. The van der Waals surface area contributed by atoms with Crippen LogP contribution < -0.4 is 5.32 Å². The van der Waals surface area contributed by atoms with Gasteiger partial charge in [-0.2, -0.15) is 0 Å². The van der Waals surface area contributed by atoms with Crippen molar-refractivity contribution in [2.24, 2.45) is 0 Å². The fourth-order valence-electron chi connectivity index (χ4n) is 4.01. The maximum Gasteiger partial charge on any atom is 0.375 e.